The standard InChI is InChI=1S/C12H20N4O/c1-10(9-16-5-3-4-6-16)15-12-13-7-11(17-2)8-14-12/h7-8,10H,3-6,9H2,1-2H3,(H,13,14,15). The number of nitrogens with zero attached hydrogens (tertiary/aromatic N) is 3. The summed E-state index contributed by atoms with van der Waals surface area (Å²) in [7, 11) is 1.61. The second-order valence-corrected chi connectivity index (χ2v) is 4.50. The quantitative estimate of drug-likeness (QED) is 0.837. The van der Waals surface area contributed by atoms with Crippen LogP contribution in [-0.2, 0) is 0 Å². The van der Waals surface area contributed by atoms with E-state index < -0.39 is 0 Å². The Morgan fingerprint density at radius 1 is 1.35 bits per heavy atom. The molecule has 1 atom stereocenters. The minimum Gasteiger partial charge on any atom is -0.494 e. The maximum absolute atomic E-state index is 5.02. The van der Waals surface area contributed by atoms with E-state index in [0.29, 0.717) is 17.7 Å². The average molecular weight is 236 g/mol. The summed E-state index contributed by atoms with van der Waals surface area (Å²) in [5.74, 6) is 1.35. The third kappa shape index (κ3) is 3.56. The summed E-state index contributed by atoms with van der Waals surface area (Å²) >= 11 is 0. The van der Waals surface area contributed by atoms with Gasteiger partial charge in [-0.25, -0.2) is 9.97 Å². The number of nitrogens with one attached hydrogen (secondary N) is 1. The molecule has 1 aliphatic rings. The Balaban J connectivity index is 1.81. The van der Waals surface area contributed by atoms with Crippen LogP contribution in [-0.4, -0.2) is 47.7 Å². The van der Waals surface area contributed by atoms with Gasteiger partial charge in [0.15, 0.2) is 5.75 Å². The van der Waals surface area contributed by atoms with Crippen LogP contribution in [0.3, 0.4) is 0 Å². The second-order valence-electron chi connectivity index (χ2n) is 4.50. The van der Waals surface area contributed by atoms with E-state index in [4.69, 9.17) is 4.74 Å². The molecule has 0 aromatic carbocycles. The molecule has 1 N–H and O–H groups in total. The van der Waals surface area contributed by atoms with E-state index in [9.17, 15) is 0 Å². The van der Waals surface area contributed by atoms with Gasteiger partial charge in [-0.15, -0.1) is 0 Å². The smallest absolute Gasteiger partial charge is 0.223 e. The molecule has 94 valence electrons. The van der Waals surface area contributed by atoms with Crippen molar-refractivity contribution in [3.05, 3.63) is 12.4 Å². The van der Waals surface area contributed by atoms with Crippen LogP contribution in [0.25, 0.3) is 0 Å². The molecule has 2 heterocycles. The highest BCUT2D eigenvalue weighted by Gasteiger charge is 2.14. The van der Waals surface area contributed by atoms with E-state index in [1.807, 2.05) is 0 Å². The first-order valence-corrected chi connectivity index (χ1v) is 6.13. The SMILES string of the molecule is COc1cnc(NC(C)CN2CCCC2)nc1. The number of likely N-dealkylation sites (tertiary alicyclic amines) is 1. The second kappa shape index (κ2) is 5.82. The maximum Gasteiger partial charge on any atom is 0.223 e. The molecule has 1 unspecified atom stereocenters. The number of aromatic nitrogens is 2. The van der Waals surface area contributed by atoms with Gasteiger partial charge in [-0.2, -0.15) is 0 Å². The Morgan fingerprint density at radius 2 is 2.00 bits per heavy atom. The Kier molecular flexibility index (Phi) is 4.14. The minimum atomic E-state index is 0.362. The van der Waals surface area contributed by atoms with Crippen LogP contribution >= 0.6 is 0 Å². The maximum atomic E-state index is 5.02. The molecular formula is C12H20N4O. The number of anilines is 1. The molecule has 0 saturated carbocycles. The van der Waals surface area contributed by atoms with E-state index in [-0.39, 0.29) is 0 Å². The van der Waals surface area contributed by atoms with Crippen molar-refractivity contribution < 1.29 is 4.74 Å². The molecule has 1 aliphatic heterocycles. The summed E-state index contributed by atoms with van der Waals surface area (Å²) in [4.78, 5) is 10.9. The first-order valence-electron chi connectivity index (χ1n) is 6.13. The number of rotatable bonds is 5. The molecule has 0 amide bonds. The van der Waals surface area contributed by atoms with Gasteiger partial charge in [-0.3, -0.25) is 0 Å². The van der Waals surface area contributed by atoms with Crippen LogP contribution in [0.15, 0.2) is 12.4 Å². The topological polar surface area (TPSA) is 50.3 Å². The van der Waals surface area contributed by atoms with Gasteiger partial charge in [-0.1, -0.05) is 0 Å². The van der Waals surface area contributed by atoms with Crippen molar-refractivity contribution in [2.75, 3.05) is 32.1 Å². The molecular weight excluding hydrogens is 216 g/mol. The molecule has 0 aliphatic carbocycles. The molecule has 0 bridgehead atoms. The molecule has 1 aromatic heterocycles. The fourth-order valence-corrected chi connectivity index (χ4v) is 2.11. The fourth-order valence-electron chi connectivity index (χ4n) is 2.11. The highest BCUT2D eigenvalue weighted by atomic mass is 16.5. The lowest BCUT2D eigenvalue weighted by Crippen LogP contribution is -2.33. The molecule has 1 saturated heterocycles. The molecule has 2 rings (SSSR count). The Hall–Kier alpha value is -1.36. The first kappa shape index (κ1) is 12.1. The van der Waals surface area contributed by atoms with Crippen LogP contribution in [0.5, 0.6) is 5.75 Å². The lowest BCUT2D eigenvalue weighted by Gasteiger charge is -2.21. The van der Waals surface area contributed by atoms with Crippen LogP contribution in [0.1, 0.15) is 19.8 Å². The van der Waals surface area contributed by atoms with Crippen molar-refractivity contribution in [2.24, 2.45) is 0 Å². The largest absolute Gasteiger partial charge is 0.494 e. The van der Waals surface area contributed by atoms with E-state index in [1.54, 1.807) is 19.5 Å². The molecule has 5 nitrogen and oxygen atoms in total. The van der Waals surface area contributed by atoms with Gasteiger partial charge >= 0.3 is 0 Å². The number of hydrogen-bond acceptors (Lipinski definition) is 5. The third-order valence-electron chi connectivity index (χ3n) is 2.97. The molecule has 0 spiro atoms. The highest BCUT2D eigenvalue weighted by molar-refractivity contribution is 5.28. The molecule has 17 heavy (non-hydrogen) atoms. The fraction of sp³-hybridized carbons (Fsp3) is 0.667. The van der Waals surface area contributed by atoms with Crippen molar-refractivity contribution >= 4 is 5.95 Å². The van der Waals surface area contributed by atoms with Crippen LogP contribution in [0.2, 0.25) is 0 Å². The summed E-state index contributed by atoms with van der Waals surface area (Å²) < 4.78 is 5.02. The van der Waals surface area contributed by atoms with E-state index >= 15 is 0 Å². The minimum absolute atomic E-state index is 0.362. The number of hydrogen-bond donors (Lipinski definition) is 1. The van der Waals surface area contributed by atoms with Crippen molar-refractivity contribution in [3.63, 3.8) is 0 Å². The zero-order chi connectivity index (χ0) is 12.1. The van der Waals surface area contributed by atoms with Crippen molar-refractivity contribution in [1.82, 2.24) is 14.9 Å². The van der Waals surface area contributed by atoms with Crippen LogP contribution in [0.4, 0.5) is 5.95 Å². The van der Waals surface area contributed by atoms with E-state index in [1.165, 1.54) is 25.9 Å². The summed E-state index contributed by atoms with van der Waals surface area (Å²) in [5, 5.41) is 3.30. The average Bonchev–Trinajstić information content (AvgIpc) is 2.82. The van der Waals surface area contributed by atoms with Gasteiger partial charge in [0, 0.05) is 12.6 Å². The van der Waals surface area contributed by atoms with E-state index in [2.05, 4.69) is 27.1 Å². The lowest BCUT2D eigenvalue weighted by atomic mass is 10.3. The lowest BCUT2D eigenvalue weighted by molar-refractivity contribution is 0.327. The van der Waals surface area contributed by atoms with Gasteiger partial charge in [0.1, 0.15) is 0 Å². The zero-order valence-corrected chi connectivity index (χ0v) is 10.5. The van der Waals surface area contributed by atoms with Crippen LogP contribution < -0.4 is 10.1 Å². The Bertz CT molecular complexity index is 335. The summed E-state index contributed by atoms with van der Waals surface area (Å²) in [6.45, 7) is 5.65. The van der Waals surface area contributed by atoms with E-state index in [0.717, 1.165) is 6.54 Å². The van der Waals surface area contributed by atoms with Crippen molar-refractivity contribution in [3.8, 4) is 5.75 Å². The van der Waals surface area contributed by atoms with Crippen molar-refractivity contribution in [2.45, 2.75) is 25.8 Å². The van der Waals surface area contributed by atoms with Gasteiger partial charge in [0.05, 0.1) is 19.5 Å². The highest BCUT2D eigenvalue weighted by Crippen LogP contribution is 2.11. The Labute approximate surface area is 102 Å². The summed E-state index contributed by atoms with van der Waals surface area (Å²) in [5.41, 5.74) is 0. The van der Waals surface area contributed by atoms with Gasteiger partial charge in [0.25, 0.3) is 0 Å². The van der Waals surface area contributed by atoms with Gasteiger partial charge < -0.3 is 15.0 Å². The molecule has 5 heteroatoms. The normalized spacial score (nSPS) is 18.0. The molecule has 1 aromatic rings. The number of ether oxygens (including phenoxy) is 1. The Morgan fingerprint density at radius 3 is 2.59 bits per heavy atom. The third-order valence-corrected chi connectivity index (χ3v) is 2.97. The summed E-state index contributed by atoms with van der Waals surface area (Å²) in [6, 6.07) is 0.362. The van der Waals surface area contributed by atoms with Gasteiger partial charge in [-0.05, 0) is 32.9 Å². The molecule has 1 fully saturated rings. The predicted octanol–water partition coefficient (Wildman–Crippen LogP) is 1.38. The van der Waals surface area contributed by atoms with Crippen LogP contribution in [0, 0.1) is 0 Å². The monoisotopic (exact) mass is 236 g/mol. The molecule has 0 radical (unpaired) electrons. The van der Waals surface area contributed by atoms with Crippen molar-refractivity contribution in [1.29, 1.82) is 0 Å². The predicted molar refractivity (Wildman–Crippen MR) is 67.3 cm³/mol. The number of methoxy groups -OCH3 is 1. The first-order chi connectivity index (χ1) is 8.28. The van der Waals surface area contributed by atoms with Gasteiger partial charge in [0.2, 0.25) is 5.95 Å². The summed E-state index contributed by atoms with van der Waals surface area (Å²) in [6.07, 6.45) is 6.01. The zero-order valence-electron chi connectivity index (χ0n) is 10.5.